The van der Waals surface area contributed by atoms with Crippen LogP contribution in [-0.4, -0.2) is 37.9 Å². The van der Waals surface area contributed by atoms with Crippen LogP contribution in [0.25, 0.3) is 0 Å². The van der Waals surface area contributed by atoms with Crippen LogP contribution in [0.2, 0.25) is 0 Å². The van der Waals surface area contributed by atoms with Crippen molar-refractivity contribution in [2.24, 2.45) is 21.8 Å². The number of rotatable bonds is 2. The summed E-state index contributed by atoms with van der Waals surface area (Å²) >= 11 is 0. The fourth-order valence-corrected chi connectivity index (χ4v) is 1.61. The molecule has 0 saturated carbocycles. The Hall–Kier alpha value is -0.480. The summed E-state index contributed by atoms with van der Waals surface area (Å²) in [6.07, 6.45) is 0. The second-order valence-electron chi connectivity index (χ2n) is 4.70. The Kier molecular flexibility index (Phi) is 11.5. The molecular weight excluding hydrogens is 271 g/mol. The van der Waals surface area contributed by atoms with Crippen LogP contribution < -0.4 is 10.6 Å². The van der Waals surface area contributed by atoms with E-state index in [0.717, 1.165) is 26.2 Å². The van der Waals surface area contributed by atoms with Crippen LogP contribution in [0.15, 0.2) is 9.98 Å². The fourth-order valence-electron chi connectivity index (χ4n) is 1.61. The highest BCUT2D eigenvalue weighted by molar-refractivity contribution is 5.86. The van der Waals surface area contributed by atoms with Crippen LogP contribution in [0.5, 0.6) is 0 Å². The highest BCUT2D eigenvalue weighted by Crippen LogP contribution is 1.97. The van der Waals surface area contributed by atoms with Gasteiger partial charge >= 0.3 is 0 Å². The number of nitrogens with zero attached hydrogens (tertiary/aromatic N) is 2. The second kappa shape index (κ2) is 10.4. The summed E-state index contributed by atoms with van der Waals surface area (Å²) < 4.78 is 0. The Balaban J connectivity index is 0. The number of aliphatic imine (C=N–C) groups is 2. The predicted octanol–water partition coefficient (Wildman–Crippen LogP) is 2.13. The van der Waals surface area contributed by atoms with Crippen LogP contribution in [-0.2, 0) is 0 Å². The zero-order chi connectivity index (χ0) is 12.0. The summed E-state index contributed by atoms with van der Waals surface area (Å²) in [5.74, 6) is 3.50. The summed E-state index contributed by atoms with van der Waals surface area (Å²) in [6, 6.07) is 0. The minimum Gasteiger partial charge on any atom is -0.372 e. The van der Waals surface area contributed by atoms with Gasteiger partial charge in [0.2, 0.25) is 0 Å². The second-order valence-corrected chi connectivity index (χ2v) is 4.70. The molecule has 0 spiro atoms. The minimum atomic E-state index is 0. The van der Waals surface area contributed by atoms with Crippen molar-refractivity contribution >= 4 is 36.5 Å². The molecule has 2 aliphatic heterocycles. The van der Waals surface area contributed by atoms with Gasteiger partial charge in [0.15, 0.2) is 0 Å². The monoisotopic (exact) mass is 296 g/mol. The molecule has 0 aromatic rings. The highest BCUT2D eigenvalue weighted by atomic mass is 35.5. The largest absolute Gasteiger partial charge is 0.372 e. The van der Waals surface area contributed by atoms with Crippen molar-refractivity contribution in [3.8, 4) is 0 Å². The smallest absolute Gasteiger partial charge is 0.0990 e. The number of halogens is 2. The molecule has 0 atom stereocenters. The van der Waals surface area contributed by atoms with Gasteiger partial charge in [-0.1, -0.05) is 27.7 Å². The van der Waals surface area contributed by atoms with Crippen LogP contribution in [0.3, 0.4) is 0 Å². The van der Waals surface area contributed by atoms with E-state index >= 15 is 0 Å². The summed E-state index contributed by atoms with van der Waals surface area (Å²) in [4.78, 5) is 8.48. The summed E-state index contributed by atoms with van der Waals surface area (Å²) in [5.41, 5.74) is 0. The summed E-state index contributed by atoms with van der Waals surface area (Å²) in [7, 11) is 0. The molecule has 0 radical (unpaired) electrons. The highest BCUT2D eigenvalue weighted by Gasteiger charge is 2.07. The number of amidine groups is 2. The molecule has 2 heterocycles. The Morgan fingerprint density at radius 1 is 0.778 bits per heavy atom. The Morgan fingerprint density at radius 2 is 1.11 bits per heavy atom. The van der Waals surface area contributed by atoms with Crippen LogP contribution >= 0.6 is 24.8 Å². The van der Waals surface area contributed by atoms with Gasteiger partial charge in [-0.25, -0.2) is 0 Å². The van der Waals surface area contributed by atoms with Crippen LogP contribution in [0.1, 0.15) is 27.7 Å². The van der Waals surface area contributed by atoms with Crippen molar-refractivity contribution in [3.63, 3.8) is 0 Å². The molecule has 2 N–H and O–H groups in total. The van der Waals surface area contributed by atoms with E-state index in [4.69, 9.17) is 0 Å². The standard InChI is InChI=1S/2C6H12N2.2ClH/c2*1-5(2)6-7-3-4-8-6;;/h2*5H,3-4H2,1-2H3,(H,7,8);2*1H. The first kappa shape index (κ1) is 19.9. The zero-order valence-corrected chi connectivity index (χ0v) is 13.3. The third kappa shape index (κ3) is 7.07. The minimum absolute atomic E-state index is 0. The molecule has 18 heavy (non-hydrogen) atoms. The number of nitrogens with one attached hydrogen (secondary N) is 2. The maximum atomic E-state index is 4.24. The average Bonchev–Trinajstić information content (AvgIpc) is 2.93. The fraction of sp³-hybridized carbons (Fsp3) is 0.833. The summed E-state index contributed by atoms with van der Waals surface area (Å²) in [6.45, 7) is 12.6. The molecule has 0 saturated heterocycles. The molecule has 6 heteroatoms. The molecule has 0 fully saturated rings. The molecular formula is C12H26Cl2N4. The van der Waals surface area contributed by atoms with Gasteiger partial charge in [-0.15, -0.1) is 24.8 Å². The molecule has 4 nitrogen and oxygen atoms in total. The molecule has 2 aliphatic rings. The van der Waals surface area contributed by atoms with Gasteiger partial charge in [-0.2, -0.15) is 0 Å². The lowest BCUT2D eigenvalue weighted by atomic mass is 10.2. The van der Waals surface area contributed by atoms with Crippen molar-refractivity contribution in [3.05, 3.63) is 0 Å². The average molecular weight is 297 g/mol. The number of hydrogen-bond donors (Lipinski definition) is 2. The number of hydrogen-bond acceptors (Lipinski definition) is 4. The van der Waals surface area contributed by atoms with E-state index in [1.54, 1.807) is 0 Å². The maximum Gasteiger partial charge on any atom is 0.0990 e. The van der Waals surface area contributed by atoms with Crippen LogP contribution in [0.4, 0.5) is 0 Å². The Bertz CT molecular complexity index is 247. The van der Waals surface area contributed by atoms with E-state index in [-0.39, 0.29) is 24.8 Å². The lowest BCUT2D eigenvalue weighted by Crippen LogP contribution is -2.23. The molecule has 2 rings (SSSR count). The van der Waals surface area contributed by atoms with Gasteiger partial charge in [-0.3, -0.25) is 9.98 Å². The Morgan fingerprint density at radius 3 is 1.22 bits per heavy atom. The zero-order valence-electron chi connectivity index (χ0n) is 11.7. The van der Waals surface area contributed by atoms with Crippen molar-refractivity contribution in [2.45, 2.75) is 27.7 Å². The third-order valence-electron chi connectivity index (χ3n) is 2.49. The van der Waals surface area contributed by atoms with E-state index in [0.29, 0.717) is 11.8 Å². The molecule has 0 bridgehead atoms. The van der Waals surface area contributed by atoms with E-state index in [1.165, 1.54) is 11.7 Å². The lowest BCUT2D eigenvalue weighted by Gasteiger charge is -2.02. The first-order valence-corrected chi connectivity index (χ1v) is 6.17. The first-order chi connectivity index (χ1) is 7.61. The molecule has 0 aliphatic carbocycles. The van der Waals surface area contributed by atoms with Gasteiger partial charge in [-0.05, 0) is 0 Å². The third-order valence-corrected chi connectivity index (χ3v) is 2.49. The molecule has 0 aromatic heterocycles. The maximum absolute atomic E-state index is 4.24. The van der Waals surface area contributed by atoms with Gasteiger partial charge in [0.25, 0.3) is 0 Å². The lowest BCUT2D eigenvalue weighted by molar-refractivity contribution is 0.838. The van der Waals surface area contributed by atoms with Crippen LogP contribution in [0, 0.1) is 11.8 Å². The first-order valence-electron chi connectivity index (χ1n) is 6.17. The van der Waals surface area contributed by atoms with Crippen molar-refractivity contribution in [2.75, 3.05) is 26.2 Å². The Labute approximate surface area is 123 Å². The van der Waals surface area contributed by atoms with E-state index in [1.807, 2.05) is 0 Å². The quantitative estimate of drug-likeness (QED) is 0.820. The van der Waals surface area contributed by atoms with Gasteiger partial charge < -0.3 is 10.6 Å². The van der Waals surface area contributed by atoms with Gasteiger partial charge in [0.05, 0.1) is 24.8 Å². The van der Waals surface area contributed by atoms with Gasteiger partial charge in [0, 0.05) is 24.9 Å². The summed E-state index contributed by atoms with van der Waals surface area (Å²) in [5, 5.41) is 6.41. The molecule has 0 aromatic carbocycles. The molecule has 0 unspecified atom stereocenters. The SMILES string of the molecule is CC(C)C1=NCCN1.CC(C)C1=NCCN1.Cl.Cl. The van der Waals surface area contributed by atoms with E-state index in [9.17, 15) is 0 Å². The van der Waals surface area contributed by atoms with Crippen molar-refractivity contribution in [1.29, 1.82) is 0 Å². The van der Waals surface area contributed by atoms with Gasteiger partial charge in [0.1, 0.15) is 0 Å². The molecule has 0 amide bonds. The van der Waals surface area contributed by atoms with E-state index in [2.05, 4.69) is 48.3 Å². The van der Waals surface area contributed by atoms with E-state index < -0.39 is 0 Å². The van der Waals surface area contributed by atoms with Crippen molar-refractivity contribution < 1.29 is 0 Å². The van der Waals surface area contributed by atoms with Crippen molar-refractivity contribution in [1.82, 2.24) is 10.6 Å². The normalized spacial score (nSPS) is 16.6. The predicted molar refractivity (Wildman–Crippen MR) is 84.8 cm³/mol. The topological polar surface area (TPSA) is 48.8 Å². The molecule has 108 valence electrons.